The van der Waals surface area contributed by atoms with Crippen LogP contribution in [0.1, 0.15) is 28.5 Å². The van der Waals surface area contributed by atoms with E-state index < -0.39 is 5.97 Å². The van der Waals surface area contributed by atoms with Crippen molar-refractivity contribution in [1.29, 1.82) is 5.26 Å². The largest absolute Gasteiger partial charge is 0.494 e. The highest BCUT2D eigenvalue weighted by atomic mass is 16.5. The molecule has 0 saturated heterocycles. The van der Waals surface area contributed by atoms with Crippen molar-refractivity contribution in [3.05, 3.63) is 59.4 Å². The van der Waals surface area contributed by atoms with E-state index in [0.29, 0.717) is 34.3 Å². The Morgan fingerprint density at radius 3 is 2.78 bits per heavy atom. The molecule has 0 aliphatic carbocycles. The van der Waals surface area contributed by atoms with Crippen LogP contribution in [0.5, 0.6) is 5.75 Å². The molecule has 4 rings (SSSR count). The first-order valence-electron chi connectivity index (χ1n) is 9.76. The number of hydrogen-bond acceptors (Lipinski definition) is 9. The molecule has 10 nitrogen and oxygen atoms in total. The van der Waals surface area contributed by atoms with Crippen molar-refractivity contribution >= 4 is 28.5 Å². The minimum Gasteiger partial charge on any atom is -0.494 e. The van der Waals surface area contributed by atoms with Crippen molar-refractivity contribution in [2.75, 3.05) is 19.0 Å². The van der Waals surface area contributed by atoms with E-state index in [0.717, 1.165) is 10.9 Å². The summed E-state index contributed by atoms with van der Waals surface area (Å²) in [6, 6.07) is 12.7. The summed E-state index contributed by atoms with van der Waals surface area (Å²) in [7, 11) is 1.59. The van der Waals surface area contributed by atoms with Gasteiger partial charge >= 0.3 is 5.97 Å². The number of nitriles is 1. The maximum Gasteiger partial charge on any atom is 0.358 e. The number of hydrogen-bond donors (Lipinski definition) is 1. The summed E-state index contributed by atoms with van der Waals surface area (Å²) in [4.78, 5) is 16.5. The van der Waals surface area contributed by atoms with E-state index in [1.807, 2.05) is 31.2 Å². The molecule has 0 amide bonds. The van der Waals surface area contributed by atoms with Crippen LogP contribution in [-0.4, -0.2) is 44.6 Å². The number of benzene rings is 1. The third kappa shape index (κ3) is 3.79. The minimum absolute atomic E-state index is 0.0883. The number of aromatic nitrogens is 5. The Labute approximate surface area is 183 Å². The Hall–Kier alpha value is -4.52. The average Bonchev–Trinajstić information content (AvgIpc) is 3.21. The molecule has 0 spiro atoms. The van der Waals surface area contributed by atoms with Crippen molar-refractivity contribution in [2.45, 2.75) is 13.8 Å². The van der Waals surface area contributed by atoms with Gasteiger partial charge in [-0.25, -0.2) is 9.78 Å². The number of fused-ring (bicyclic) bond motifs is 1. The summed E-state index contributed by atoms with van der Waals surface area (Å²) in [6.07, 6.45) is 1.44. The molecule has 0 atom stereocenters. The predicted molar refractivity (Wildman–Crippen MR) is 116 cm³/mol. The molecular weight excluding hydrogens is 410 g/mol. The fourth-order valence-corrected chi connectivity index (χ4v) is 3.21. The number of aryl methyl sites for hydroxylation is 1. The molecular formula is C22H19N7O3. The summed E-state index contributed by atoms with van der Waals surface area (Å²) in [5.41, 5.74) is 2.04. The second-order valence-electron chi connectivity index (χ2n) is 6.73. The lowest BCUT2D eigenvalue weighted by molar-refractivity contribution is 0.0518. The normalized spacial score (nSPS) is 10.6. The standard InChI is InChI=1S/C22H19N7O3/c1-4-32-22(30)16-8-9-18(28-27-16)25-21-14(11-23)12-24-29(21)19-10-13(2)15-6-5-7-17(31-3)20(15)26-19/h5-10,12H,4H2,1-3H3,(H,25,28). The first kappa shape index (κ1) is 20.7. The highest BCUT2D eigenvalue weighted by Crippen LogP contribution is 2.29. The summed E-state index contributed by atoms with van der Waals surface area (Å²) in [5.74, 6) is 1.27. The average molecular weight is 429 g/mol. The molecule has 0 radical (unpaired) electrons. The molecule has 3 heterocycles. The van der Waals surface area contributed by atoms with Crippen LogP contribution < -0.4 is 10.1 Å². The molecule has 160 valence electrons. The number of anilines is 2. The number of ether oxygens (including phenoxy) is 2. The van der Waals surface area contributed by atoms with Gasteiger partial charge in [-0.1, -0.05) is 12.1 Å². The molecule has 0 unspecified atom stereocenters. The van der Waals surface area contributed by atoms with Crippen LogP contribution in [0.4, 0.5) is 11.6 Å². The number of rotatable bonds is 6. The fourth-order valence-electron chi connectivity index (χ4n) is 3.21. The quantitative estimate of drug-likeness (QED) is 0.459. The Balaban J connectivity index is 1.75. The van der Waals surface area contributed by atoms with Crippen LogP contribution in [0.3, 0.4) is 0 Å². The zero-order chi connectivity index (χ0) is 22.7. The van der Waals surface area contributed by atoms with Gasteiger partial charge in [-0.2, -0.15) is 15.0 Å². The minimum atomic E-state index is -0.556. The second kappa shape index (κ2) is 8.69. The summed E-state index contributed by atoms with van der Waals surface area (Å²) >= 11 is 0. The maximum absolute atomic E-state index is 11.8. The zero-order valence-corrected chi connectivity index (χ0v) is 17.7. The highest BCUT2D eigenvalue weighted by Gasteiger charge is 2.17. The molecule has 0 aliphatic heterocycles. The number of pyridine rings is 1. The van der Waals surface area contributed by atoms with Gasteiger partial charge in [0.05, 0.1) is 19.9 Å². The topological polar surface area (TPSA) is 128 Å². The fraction of sp³-hybridized carbons (Fsp3) is 0.182. The van der Waals surface area contributed by atoms with Crippen LogP contribution in [0.2, 0.25) is 0 Å². The smallest absolute Gasteiger partial charge is 0.358 e. The molecule has 3 aromatic heterocycles. The van der Waals surface area contributed by atoms with Crippen molar-refractivity contribution in [3.63, 3.8) is 0 Å². The van der Waals surface area contributed by atoms with Crippen molar-refractivity contribution in [3.8, 4) is 17.6 Å². The van der Waals surface area contributed by atoms with E-state index in [2.05, 4.69) is 26.7 Å². The van der Waals surface area contributed by atoms with Crippen LogP contribution >= 0.6 is 0 Å². The molecule has 0 fully saturated rings. The number of carbonyl (C=O) groups is 1. The van der Waals surface area contributed by atoms with Gasteiger partial charge < -0.3 is 14.8 Å². The molecule has 4 aromatic rings. The second-order valence-corrected chi connectivity index (χ2v) is 6.73. The number of methoxy groups -OCH3 is 1. The summed E-state index contributed by atoms with van der Waals surface area (Å²) in [5, 5.41) is 25.8. The van der Waals surface area contributed by atoms with E-state index in [1.54, 1.807) is 20.1 Å². The third-order valence-corrected chi connectivity index (χ3v) is 4.72. The van der Waals surface area contributed by atoms with Crippen molar-refractivity contribution < 1.29 is 14.3 Å². The zero-order valence-electron chi connectivity index (χ0n) is 17.7. The third-order valence-electron chi connectivity index (χ3n) is 4.72. The Kier molecular flexibility index (Phi) is 5.63. The number of nitrogens with zero attached hydrogens (tertiary/aromatic N) is 6. The first-order chi connectivity index (χ1) is 15.5. The van der Waals surface area contributed by atoms with E-state index >= 15 is 0 Å². The number of para-hydroxylation sites is 1. The van der Waals surface area contributed by atoms with Gasteiger partial charge in [-0.05, 0) is 43.7 Å². The van der Waals surface area contributed by atoms with E-state index in [4.69, 9.17) is 14.5 Å². The lowest BCUT2D eigenvalue weighted by atomic mass is 10.1. The first-order valence-corrected chi connectivity index (χ1v) is 9.76. The van der Waals surface area contributed by atoms with Gasteiger partial charge in [0.1, 0.15) is 22.9 Å². The Morgan fingerprint density at radius 2 is 2.09 bits per heavy atom. The van der Waals surface area contributed by atoms with Crippen LogP contribution in [0.15, 0.2) is 42.6 Å². The van der Waals surface area contributed by atoms with Crippen LogP contribution in [0, 0.1) is 18.3 Å². The number of nitrogens with one attached hydrogen (secondary N) is 1. The summed E-state index contributed by atoms with van der Waals surface area (Å²) in [6.45, 7) is 3.92. The van der Waals surface area contributed by atoms with Gasteiger partial charge in [-0.15, -0.1) is 10.2 Å². The molecule has 1 N–H and O–H groups in total. The van der Waals surface area contributed by atoms with Crippen LogP contribution in [-0.2, 0) is 4.74 Å². The van der Waals surface area contributed by atoms with E-state index in [-0.39, 0.29) is 12.3 Å². The lowest BCUT2D eigenvalue weighted by Gasteiger charge is -2.12. The van der Waals surface area contributed by atoms with Gasteiger partial charge in [0.15, 0.2) is 23.1 Å². The molecule has 0 bridgehead atoms. The lowest BCUT2D eigenvalue weighted by Crippen LogP contribution is -2.10. The summed E-state index contributed by atoms with van der Waals surface area (Å²) < 4.78 is 11.9. The molecule has 1 aromatic carbocycles. The molecule has 0 aliphatic rings. The number of esters is 1. The SMILES string of the molecule is CCOC(=O)c1ccc(Nc2c(C#N)cnn2-c2cc(C)c3cccc(OC)c3n2)nn1. The van der Waals surface area contributed by atoms with Gasteiger partial charge in [0.2, 0.25) is 0 Å². The Bertz CT molecular complexity index is 1340. The highest BCUT2D eigenvalue weighted by molar-refractivity contribution is 5.88. The van der Waals surface area contributed by atoms with E-state index in [9.17, 15) is 10.1 Å². The van der Waals surface area contributed by atoms with Crippen molar-refractivity contribution in [2.24, 2.45) is 0 Å². The Morgan fingerprint density at radius 1 is 1.25 bits per heavy atom. The van der Waals surface area contributed by atoms with Crippen molar-refractivity contribution in [1.82, 2.24) is 25.0 Å². The monoisotopic (exact) mass is 429 g/mol. The molecule has 10 heteroatoms. The predicted octanol–water partition coefficient (Wildman–Crippen LogP) is 3.32. The van der Waals surface area contributed by atoms with Gasteiger partial charge in [0.25, 0.3) is 0 Å². The van der Waals surface area contributed by atoms with Crippen LogP contribution in [0.25, 0.3) is 16.7 Å². The number of carbonyl (C=O) groups excluding carboxylic acids is 1. The van der Waals surface area contributed by atoms with Gasteiger partial charge in [-0.3, -0.25) is 0 Å². The van der Waals surface area contributed by atoms with E-state index in [1.165, 1.54) is 16.9 Å². The molecule has 32 heavy (non-hydrogen) atoms. The van der Waals surface area contributed by atoms with Gasteiger partial charge in [0, 0.05) is 5.39 Å². The maximum atomic E-state index is 11.8. The molecule has 0 saturated carbocycles.